The van der Waals surface area contributed by atoms with Crippen molar-refractivity contribution in [3.05, 3.63) is 42.1 Å². The van der Waals surface area contributed by atoms with Crippen molar-refractivity contribution in [3.63, 3.8) is 0 Å². The predicted octanol–water partition coefficient (Wildman–Crippen LogP) is 1.44. The van der Waals surface area contributed by atoms with Gasteiger partial charge in [-0.3, -0.25) is 0 Å². The first-order valence-electron chi connectivity index (χ1n) is 4.45. The molecule has 0 radical (unpaired) electrons. The van der Waals surface area contributed by atoms with Crippen LogP contribution in [0, 0.1) is 5.41 Å². The number of carboxylic acids is 1. The van der Waals surface area contributed by atoms with E-state index < -0.39 is 5.97 Å². The van der Waals surface area contributed by atoms with Crippen LogP contribution in [0.2, 0.25) is 0 Å². The molecule has 0 saturated carbocycles. The Balaban J connectivity index is 0. The Kier molecular flexibility index (Phi) is 8.84. The summed E-state index contributed by atoms with van der Waals surface area (Å²) in [6.07, 6.45) is 1.25. The molecule has 6 N–H and O–H groups in total. The van der Waals surface area contributed by atoms with Crippen molar-refractivity contribution in [2.45, 2.75) is 6.92 Å². The first-order valence-corrected chi connectivity index (χ1v) is 4.45. The van der Waals surface area contributed by atoms with Crippen molar-refractivity contribution in [2.24, 2.45) is 5.73 Å². The second-order valence-corrected chi connectivity index (χ2v) is 2.94. The van der Waals surface area contributed by atoms with Gasteiger partial charge in [-0.15, -0.1) is 0 Å². The summed E-state index contributed by atoms with van der Waals surface area (Å²) in [6.45, 7) is 4.67. The first kappa shape index (κ1) is 17.7. The van der Waals surface area contributed by atoms with Gasteiger partial charge in [0, 0.05) is 36.8 Å². The van der Waals surface area contributed by atoms with Crippen LogP contribution in [0.3, 0.4) is 0 Å². The minimum Gasteiger partial charge on any atom is -0.478 e. The van der Waals surface area contributed by atoms with Gasteiger partial charge in [0.2, 0.25) is 0 Å². The summed E-state index contributed by atoms with van der Waals surface area (Å²) in [6, 6.07) is 4.72. The molecule has 17 heavy (non-hydrogen) atoms. The van der Waals surface area contributed by atoms with Crippen LogP contribution in [0.5, 0.6) is 0 Å². The standard InChI is InChI=1S/C9H10N2O2.C2H5N.Os/c1-5(10)6-3-2-4-7(11)8(6)9(12)13;1-2-3;/h2-4,10H,11H2,1H3,(H,12,13);2H,1,3H2;. The Hall–Kier alpha value is -1.66. The molecule has 0 spiro atoms. The van der Waals surface area contributed by atoms with Gasteiger partial charge < -0.3 is 22.0 Å². The van der Waals surface area contributed by atoms with Gasteiger partial charge in [0.1, 0.15) is 0 Å². The molecule has 5 nitrogen and oxygen atoms in total. The monoisotopic (exact) mass is 413 g/mol. The number of nitrogens with one attached hydrogen (secondary N) is 1. The maximum Gasteiger partial charge on any atom is 0.338 e. The molecule has 0 fully saturated rings. The number of nitrogens with two attached hydrogens (primary N) is 2. The van der Waals surface area contributed by atoms with E-state index in [1.54, 1.807) is 12.1 Å². The maximum atomic E-state index is 10.8. The molecule has 0 aliphatic rings. The summed E-state index contributed by atoms with van der Waals surface area (Å²) in [4.78, 5) is 10.8. The van der Waals surface area contributed by atoms with E-state index in [0.29, 0.717) is 5.56 Å². The molecule has 0 amide bonds. The van der Waals surface area contributed by atoms with Crippen LogP contribution < -0.4 is 11.5 Å². The van der Waals surface area contributed by atoms with Crippen LogP contribution in [0.1, 0.15) is 22.8 Å². The fourth-order valence-electron chi connectivity index (χ4n) is 1.12. The summed E-state index contributed by atoms with van der Waals surface area (Å²) in [7, 11) is 0. The SMILES string of the molecule is C=CN.CC(=N)c1cccc(N)c1C(=O)O.[Os]. The minimum absolute atomic E-state index is 0. The van der Waals surface area contributed by atoms with Gasteiger partial charge in [0.25, 0.3) is 0 Å². The van der Waals surface area contributed by atoms with Crippen LogP contribution in [0.15, 0.2) is 31.0 Å². The molecule has 0 aliphatic carbocycles. The van der Waals surface area contributed by atoms with E-state index in [9.17, 15) is 4.79 Å². The van der Waals surface area contributed by atoms with Crippen molar-refractivity contribution < 1.29 is 29.7 Å². The second kappa shape index (κ2) is 8.48. The molecule has 0 aromatic heterocycles. The first-order chi connectivity index (χ1) is 7.45. The van der Waals surface area contributed by atoms with E-state index in [-0.39, 0.29) is 36.8 Å². The van der Waals surface area contributed by atoms with Crippen LogP contribution >= 0.6 is 0 Å². The van der Waals surface area contributed by atoms with Crippen molar-refractivity contribution in [2.75, 3.05) is 5.73 Å². The maximum absolute atomic E-state index is 10.8. The van der Waals surface area contributed by atoms with Crippen LogP contribution in [0.4, 0.5) is 5.69 Å². The fourth-order valence-corrected chi connectivity index (χ4v) is 1.12. The van der Waals surface area contributed by atoms with Gasteiger partial charge in [-0.25, -0.2) is 4.79 Å². The molecule has 1 aromatic carbocycles. The molecule has 1 rings (SSSR count). The number of carboxylic acid groups (broad SMARTS) is 1. The minimum atomic E-state index is -1.10. The van der Waals surface area contributed by atoms with Crippen molar-refractivity contribution in [1.29, 1.82) is 5.41 Å². The van der Waals surface area contributed by atoms with Crippen LogP contribution in [-0.2, 0) is 19.8 Å². The summed E-state index contributed by atoms with van der Waals surface area (Å²) in [5.41, 5.74) is 10.9. The Morgan fingerprint density at radius 3 is 2.29 bits per heavy atom. The van der Waals surface area contributed by atoms with Crippen molar-refractivity contribution in [1.82, 2.24) is 0 Å². The van der Waals surface area contributed by atoms with E-state index in [0.717, 1.165) is 0 Å². The molecule has 0 saturated heterocycles. The smallest absolute Gasteiger partial charge is 0.338 e. The molecular formula is C11H15N3O2Os. The summed E-state index contributed by atoms with van der Waals surface area (Å²) in [5.74, 6) is -1.10. The van der Waals surface area contributed by atoms with Gasteiger partial charge in [0.05, 0.1) is 5.56 Å². The van der Waals surface area contributed by atoms with E-state index >= 15 is 0 Å². The number of anilines is 1. The molecule has 94 valence electrons. The Labute approximate surface area is 113 Å². The zero-order chi connectivity index (χ0) is 12.7. The molecule has 1 aromatic rings. The summed E-state index contributed by atoms with van der Waals surface area (Å²) >= 11 is 0. The summed E-state index contributed by atoms with van der Waals surface area (Å²) in [5, 5.41) is 16.2. The number of benzene rings is 1. The van der Waals surface area contributed by atoms with Gasteiger partial charge >= 0.3 is 5.97 Å². The van der Waals surface area contributed by atoms with Crippen LogP contribution in [0.25, 0.3) is 0 Å². The number of nitrogen functional groups attached to an aromatic ring is 1. The topological polar surface area (TPSA) is 113 Å². The van der Waals surface area contributed by atoms with Gasteiger partial charge in [-0.1, -0.05) is 18.7 Å². The molecule has 0 heterocycles. The molecule has 0 bridgehead atoms. The predicted molar refractivity (Wildman–Crippen MR) is 64.7 cm³/mol. The molecule has 6 heteroatoms. The zero-order valence-electron chi connectivity index (χ0n) is 9.38. The number of rotatable bonds is 2. The van der Waals surface area contributed by atoms with E-state index in [1.165, 1.54) is 19.2 Å². The van der Waals surface area contributed by atoms with Crippen molar-refractivity contribution in [3.8, 4) is 0 Å². The number of hydrogen-bond donors (Lipinski definition) is 4. The second-order valence-electron chi connectivity index (χ2n) is 2.94. The third-order valence-electron chi connectivity index (χ3n) is 1.71. The quantitative estimate of drug-likeness (QED) is 0.436. The largest absolute Gasteiger partial charge is 0.478 e. The van der Waals surface area contributed by atoms with Gasteiger partial charge in [-0.05, 0) is 19.2 Å². The van der Waals surface area contributed by atoms with Crippen LogP contribution in [-0.4, -0.2) is 16.8 Å². The number of carbonyl (C=O) groups is 1. The molecule has 0 aliphatic heterocycles. The third kappa shape index (κ3) is 5.28. The van der Waals surface area contributed by atoms with E-state index in [2.05, 4.69) is 12.3 Å². The molecule has 0 atom stereocenters. The van der Waals surface area contributed by atoms with Gasteiger partial charge in [0.15, 0.2) is 0 Å². The fraction of sp³-hybridized carbons (Fsp3) is 0.0909. The third-order valence-corrected chi connectivity index (χ3v) is 1.71. The molecule has 0 unspecified atom stereocenters. The van der Waals surface area contributed by atoms with E-state index in [1.807, 2.05) is 0 Å². The average Bonchev–Trinajstić information content (AvgIpc) is 2.17. The zero-order valence-corrected chi connectivity index (χ0v) is 11.9. The molecular weight excluding hydrogens is 396 g/mol. The average molecular weight is 411 g/mol. The Morgan fingerprint density at radius 2 is 2.00 bits per heavy atom. The van der Waals surface area contributed by atoms with E-state index in [4.69, 9.17) is 16.2 Å². The summed E-state index contributed by atoms with van der Waals surface area (Å²) < 4.78 is 0. The number of hydrogen-bond acceptors (Lipinski definition) is 4. The van der Waals surface area contributed by atoms with Crippen molar-refractivity contribution >= 4 is 17.4 Å². The van der Waals surface area contributed by atoms with Gasteiger partial charge in [-0.2, -0.15) is 0 Å². The Bertz CT molecular complexity index is 419. The Morgan fingerprint density at radius 1 is 1.53 bits per heavy atom. The number of aromatic carboxylic acids is 1. The normalized spacial score (nSPS) is 8.06.